The Kier molecular flexibility index (Phi) is 3.74. The normalized spacial score (nSPS) is 9.31. The maximum absolute atomic E-state index is 11.0. The number of benzene rings is 1. The van der Waals surface area contributed by atoms with E-state index in [2.05, 4.69) is 21.7 Å². The van der Waals surface area contributed by atoms with Crippen molar-refractivity contribution in [2.45, 2.75) is 0 Å². The highest BCUT2D eigenvalue weighted by atomic mass is 16.2. The van der Waals surface area contributed by atoms with Crippen molar-refractivity contribution in [3.05, 3.63) is 30.3 Å². The minimum atomic E-state index is -0.319. The third-order valence-electron chi connectivity index (χ3n) is 1.33. The van der Waals surface area contributed by atoms with Crippen LogP contribution >= 0.6 is 0 Å². The lowest BCUT2D eigenvalue weighted by Crippen LogP contribution is -2.46. The molecule has 0 bridgehead atoms. The van der Waals surface area contributed by atoms with Crippen molar-refractivity contribution >= 4 is 11.7 Å². The molecule has 0 atom stereocenters. The molecule has 0 aliphatic heterocycles. The Morgan fingerprint density at radius 3 is 2.54 bits per heavy atom. The summed E-state index contributed by atoms with van der Waals surface area (Å²) < 4.78 is 0. The van der Waals surface area contributed by atoms with E-state index in [-0.39, 0.29) is 6.03 Å². The number of amides is 2. The van der Waals surface area contributed by atoms with Crippen LogP contribution in [0.15, 0.2) is 30.3 Å². The van der Waals surface area contributed by atoms with Crippen LogP contribution in [-0.4, -0.2) is 13.1 Å². The second-order valence-electron chi connectivity index (χ2n) is 2.32. The maximum Gasteiger partial charge on any atom is 0.334 e. The molecule has 5 heteroatoms. The molecule has 0 spiro atoms. The summed E-state index contributed by atoms with van der Waals surface area (Å²) in [4.78, 5) is 11.0. The standard InChI is InChI=1S/C8H12N4O/c1-9-12-11-8(13)10-7-5-3-2-4-6-7/h2-6,9,12H,1H3,(H2,10,11,13). The third-order valence-corrected chi connectivity index (χ3v) is 1.33. The van der Waals surface area contributed by atoms with Crippen LogP contribution < -0.4 is 21.7 Å². The van der Waals surface area contributed by atoms with Crippen LogP contribution in [0, 0.1) is 0 Å². The van der Waals surface area contributed by atoms with Crippen LogP contribution in [0.1, 0.15) is 0 Å². The van der Waals surface area contributed by atoms with Gasteiger partial charge in [0.15, 0.2) is 0 Å². The molecular formula is C8H12N4O. The van der Waals surface area contributed by atoms with E-state index in [9.17, 15) is 4.79 Å². The first-order chi connectivity index (χ1) is 6.33. The second kappa shape index (κ2) is 5.13. The largest absolute Gasteiger partial charge is 0.334 e. The van der Waals surface area contributed by atoms with Gasteiger partial charge in [0.05, 0.1) is 0 Å². The molecular weight excluding hydrogens is 168 g/mol. The van der Waals surface area contributed by atoms with Gasteiger partial charge in [0.1, 0.15) is 0 Å². The van der Waals surface area contributed by atoms with Crippen molar-refractivity contribution < 1.29 is 4.79 Å². The van der Waals surface area contributed by atoms with Crippen LogP contribution in [0.25, 0.3) is 0 Å². The number of anilines is 1. The van der Waals surface area contributed by atoms with Crippen molar-refractivity contribution in [2.75, 3.05) is 12.4 Å². The quantitative estimate of drug-likeness (QED) is 0.510. The molecule has 5 nitrogen and oxygen atoms in total. The minimum Gasteiger partial charge on any atom is -0.307 e. The lowest BCUT2D eigenvalue weighted by Gasteiger charge is -2.06. The fourth-order valence-electron chi connectivity index (χ4n) is 0.803. The molecule has 1 aromatic carbocycles. The molecule has 0 unspecified atom stereocenters. The molecule has 70 valence electrons. The number of hydrogen-bond donors (Lipinski definition) is 4. The molecule has 0 saturated carbocycles. The lowest BCUT2D eigenvalue weighted by atomic mass is 10.3. The first-order valence-electron chi connectivity index (χ1n) is 3.86. The lowest BCUT2D eigenvalue weighted by molar-refractivity contribution is 0.246. The fourth-order valence-corrected chi connectivity index (χ4v) is 0.803. The van der Waals surface area contributed by atoms with Gasteiger partial charge in [0.25, 0.3) is 0 Å². The summed E-state index contributed by atoms with van der Waals surface area (Å²) >= 11 is 0. The summed E-state index contributed by atoms with van der Waals surface area (Å²) in [6, 6.07) is 8.87. The maximum atomic E-state index is 11.0. The van der Waals surface area contributed by atoms with E-state index in [4.69, 9.17) is 0 Å². The molecule has 0 heterocycles. The van der Waals surface area contributed by atoms with Gasteiger partial charge in [-0.3, -0.25) is 5.43 Å². The average molecular weight is 180 g/mol. The number of carbonyl (C=O) groups excluding carboxylic acids is 1. The van der Waals surface area contributed by atoms with Crippen molar-refractivity contribution in [3.63, 3.8) is 0 Å². The van der Waals surface area contributed by atoms with Crippen molar-refractivity contribution in [2.24, 2.45) is 0 Å². The smallest absolute Gasteiger partial charge is 0.307 e. The number of nitrogens with one attached hydrogen (secondary N) is 4. The van der Waals surface area contributed by atoms with E-state index in [1.165, 1.54) is 0 Å². The molecule has 0 fully saturated rings. The Morgan fingerprint density at radius 2 is 1.92 bits per heavy atom. The molecule has 13 heavy (non-hydrogen) atoms. The van der Waals surface area contributed by atoms with Gasteiger partial charge in [-0.25, -0.2) is 10.2 Å². The van der Waals surface area contributed by atoms with E-state index in [0.29, 0.717) is 0 Å². The van der Waals surface area contributed by atoms with E-state index in [0.717, 1.165) is 5.69 Å². The minimum absolute atomic E-state index is 0.319. The second-order valence-corrected chi connectivity index (χ2v) is 2.32. The summed E-state index contributed by atoms with van der Waals surface area (Å²) in [5.74, 6) is 0. The first-order valence-corrected chi connectivity index (χ1v) is 3.86. The third kappa shape index (κ3) is 3.55. The van der Waals surface area contributed by atoms with E-state index >= 15 is 0 Å². The number of hydrogen-bond acceptors (Lipinski definition) is 3. The highest BCUT2D eigenvalue weighted by Crippen LogP contribution is 2.03. The highest BCUT2D eigenvalue weighted by molar-refractivity contribution is 5.88. The molecule has 1 rings (SSSR count). The number of para-hydroxylation sites is 1. The van der Waals surface area contributed by atoms with Gasteiger partial charge in [0.2, 0.25) is 0 Å². The monoisotopic (exact) mass is 180 g/mol. The van der Waals surface area contributed by atoms with Gasteiger partial charge in [-0.1, -0.05) is 18.2 Å². The predicted molar refractivity (Wildman–Crippen MR) is 50.8 cm³/mol. The summed E-state index contributed by atoms with van der Waals surface area (Å²) in [7, 11) is 1.66. The van der Waals surface area contributed by atoms with Gasteiger partial charge in [0, 0.05) is 12.7 Å². The van der Waals surface area contributed by atoms with Crippen LogP contribution in [0.5, 0.6) is 0 Å². The van der Waals surface area contributed by atoms with Crippen LogP contribution in [-0.2, 0) is 0 Å². The Labute approximate surface area is 76.5 Å². The molecule has 0 aliphatic rings. The zero-order valence-corrected chi connectivity index (χ0v) is 7.29. The van der Waals surface area contributed by atoms with Crippen LogP contribution in [0.4, 0.5) is 10.5 Å². The van der Waals surface area contributed by atoms with Crippen molar-refractivity contribution in [1.29, 1.82) is 0 Å². The molecule has 4 N–H and O–H groups in total. The van der Waals surface area contributed by atoms with Crippen LogP contribution in [0.2, 0.25) is 0 Å². The van der Waals surface area contributed by atoms with Gasteiger partial charge in [-0.05, 0) is 12.1 Å². The first kappa shape index (κ1) is 9.50. The van der Waals surface area contributed by atoms with E-state index < -0.39 is 0 Å². The summed E-state index contributed by atoms with van der Waals surface area (Å²) in [5, 5.41) is 2.62. The zero-order valence-electron chi connectivity index (χ0n) is 7.29. The van der Waals surface area contributed by atoms with E-state index in [1.54, 1.807) is 19.2 Å². The average Bonchev–Trinajstić information content (AvgIpc) is 2.16. The molecule has 0 radical (unpaired) electrons. The Hall–Kier alpha value is -1.59. The molecule has 0 aliphatic carbocycles. The molecule has 0 aromatic heterocycles. The van der Waals surface area contributed by atoms with Gasteiger partial charge >= 0.3 is 6.03 Å². The Morgan fingerprint density at radius 1 is 1.23 bits per heavy atom. The highest BCUT2D eigenvalue weighted by Gasteiger charge is 1.97. The van der Waals surface area contributed by atoms with Gasteiger partial charge < -0.3 is 5.32 Å². The number of rotatable bonds is 3. The summed E-state index contributed by atoms with van der Waals surface area (Å²) in [6.07, 6.45) is 0. The fraction of sp³-hybridized carbons (Fsp3) is 0.125. The SMILES string of the molecule is CNNNC(=O)Nc1ccccc1. The Bertz CT molecular complexity index is 262. The zero-order chi connectivity index (χ0) is 9.52. The van der Waals surface area contributed by atoms with Crippen molar-refractivity contribution in [1.82, 2.24) is 16.4 Å². The van der Waals surface area contributed by atoms with E-state index in [1.807, 2.05) is 18.2 Å². The Balaban J connectivity index is 2.37. The van der Waals surface area contributed by atoms with Gasteiger partial charge in [-0.15, -0.1) is 0 Å². The molecule has 1 aromatic rings. The van der Waals surface area contributed by atoms with Crippen LogP contribution in [0.3, 0.4) is 0 Å². The number of hydrazine groups is 2. The number of carbonyl (C=O) groups is 1. The van der Waals surface area contributed by atoms with Gasteiger partial charge in [-0.2, -0.15) is 5.53 Å². The number of urea groups is 1. The molecule has 2 amide bonds. The van der Waals surface area contributed by atoms with Crippen molar-refractivity contribution in [3.8, 4) is 0 Å². The topological polar surface area (TPSA) is 65.2 Å². The summed E-state index contributed by atoms with van der Waals surface area (Å²) in [6.45, 7) is 0. The molecule has 0 saturated heterocycles. The predicted octanol–water partition coefficient (Wildman–Crippen LogP) is 0.447. The summed E-state index contributed by atoms with van der Waals surface area (Å²) in [5.41, 5.74) is 8.14.